The second-order valence-corrected chi connectivity index (χ2v) is 5.53. The number of hydrogen-bond donors (Lipinski definition) is 1. The lowest BCUT2D eigenvalue weighted by Gasteiger charge is -2.36. The van der Waals surface area contributed by atoms with Gasteiger partial charge in [-0.15, -0.1) is 24.8 Å². The van der Waals surface area contributed by atoms with Crippen molar-refractivity contribution in [3.63, 3.8) is 0 Å². The lowest BCUT2D eigenvalue weighted by molar-refractivity contribution is 0.135. The highest BCUT2D eigenvalue weighted by molar-refractivity contribution is 5.85. The highest BCUT2D eigenvalue weighted by atomic mass is 35.5. The summed E-state index contributed by atoms with van der Waals surface area (Å²) in [7, 11) is 0. The molecule has 2 atom stereocenters. The minimum atomic E-state index is 0. The number of likely N-dealkylation sites (tertiary alicyclic amines) is 1. The summed E-state index contributed by atoms with van der Waals surface area (Å²) in [6.45, 7) is 6.28. The minimum Gasteiger partial charge on any atom is -0.314 e. The van der Waals surface area contributed by atoms with E-state index in [0.29, 0.717) is 0 Å². The van der Waals surface area contributed by atoms with Crippen molar-refractivity contribution in [2.24, 2.45) is 0 Å². The van der Waals surface area contributed by atoms with E-state index in [0.717, 1.165) is 12.1 Å². The van der Waals surface area contributed by atoms with Gasteiger partial charge in [0.15, 0.2) is 0 Å². The Morgan fingerprint density at radius 2 is 1.83 bits per heavy atom. The molecular formula is C14H30Cl2N2. The van der Waals surface area contributed by atoms with Gasteiger partial charge in [0.25, 0.3) is 0 Å². The van der Waals surface area contributed by atoms with E-state index in [9.17, 15) is 0 Å². The van der Waals surface area contributed by atoms with Crippen molar-refractivity contribution >= 4 is 24.8 Å². The van der Waals surface area contributed by atoms with Gasteiger partial charge < -0.3 is 10.2 Å². The Morgan fingerprint density at radius 1 is 1.06 bits per heavy atom. The maximum absolute atomic E-state index is 3.66. The zero-order valence-corrected chi connectivity index (χ0v) is 13.3. The van der Waals surface area contributed by atoms with E-state index < -0.39 is 0 Å². The molecule has 2 aliphatic rings. The topological polar surface area (TPSA) is 15.3 Å². The number of halogens is 2. The molecule has 2 heterocycles. The molecular weight excluding hydrogens is 267 g/mol. The fourth-order valence-electron chi connectivity index (χ4n) is 3.31. The van der Waals surface area contributed by atoms with Gasteiger partial charge in [0, 0.05) is 12.1 Å². The number of rotatable bonds is 4. The Hall–Kier alpha value is 0.500. The summed E-state index contributed by atoms with van der Waals surface area (Å²) in [5.74, 6) is 0. The predicted molar refractivity (Wildman–Crippen MR) is 84.3 cm³/mol. The van der Waals surface area contributed by atoms with E-state index in [2.05, 4.69) is 17.1 Å². The molecule has 0 bridgehead atoms. The standard InChI is InChI=1S/C14H28N2.2ClH/c1-2-14-8-4-6-11-16(14)12-9-13-7-3-5-10-15-13;;/h13-15H,2-12H2,1H3;2*1H. The van der Waals surface area contributed by atoms with Crippen molar-refractivity contribution in [2.75, 3.05) is 19.6 Å². The van der Waals surface area contributed by atoms with Gasteiger partial charge in [0.1, 0.15) is 0 Å². The number of nitrogens with zero attached hydrogens (tertiary/aromatic N) is 1. The Balaban J connectivity index is 0.00000144. The molecule has 2 nitrogen and oxygen atoms in total. The molecule has 1 N–H and O–H groups in total. The van der Waals surface area contributed by atoms with E-state index in [1.165, 1.54) is 71.0 Å². The molecule has 0 aliphatic carbocycles. The van der Waals surface area contributed by atoms with Crippen LogP contribution >= 0.6 is 24.8 Å². The number of hydrogen-bond acceptors (Lipinski definition) is 2. The molecule has 2 aliphatic heterocycles. The summed E-state index contributed by atoms with van der Waals surface area (Å²) in [6, 6.07) is 1.70. The Bertz CT molecular complexity index is 196. The van der Waals surface area contributed by atoms with E-state index in [-0.39, 0.29) is 24.8 Å². The molecule has 2 unspecified atom stereocenters. The zero-order chi connectivity index (χ0) is 11.2. The highest BCUT2D eigenvalue weighted by Crippen LogP contribution is 2.20. The summed E-state index contributed by atoms with van der Waals surface area (Å²) in [6.07, 6.45) is 11.3. The summed E-state index contributed by atoms with van der Waals surface area (Å²) < 4.78 is 0. The van der Waals surface area contributed by atoms with Crippen LogP contribution < -0.4 is 5.32 Å². The second-order valence-electron chi connectivity index (χ2n) is 5.53. The largest absolute Gasteiger partial charge is 0.314 e. The molecule has 110 valence electrons. The molecule has 18 heavy (non-hydrogen) atoms. The molecule has 2 saturated heterocycles. The predicted octanol–water partition coefficient (Wildman–Crippen LogP) is 3.63. The zero-order valence-electron chi connectivity index (χ0n) is 11.7. The average Bonchev–Trinajstić information content (AvgIpc) is 2.38. The van der Waals surface area contributed by atoms with Gasteiger partial charge in [-0.3, -0.25) is 0 Å². The van der Waals surface area contributed by atoms with Gasteiger partial charge in [-0.1, -0.05) is 19.8 Å². The quantitative estimate of drug-likeness (QED) is 0.852. The molecule has 2 rings (SSSR count). The van der Waals surface area contributed by atoms with E-state index in [4.69, 9.17) is 0 Å². The fraction of sp³-hybridized carbons (Fsp3) is 1.00. The third kappa shape index (κ3) is 5.64. The van der Waals surface area contributed by atoms with Crippen LogP contribution in [-0.2, 0) is 0 Å². The third-order valence-electron chi connectivity index (χ3n) is 4.40. The van der Waals surface area contributed by atoms with Crippen LogP contribution in [0.3, 0.4) is 0 Å². The first-order valence-corrected chi connectivity index (χ1v) is 7.37. The smallest absolute Gasteiger partial charge is 0.00926 e. The molecule has 0 aromatic carbocycles. The van der Waals surface area contributed by atoms with Crippen molar-refractivity contribution in [2.45, 2.75) is 70.4 Å². The van der Waals surface area contributed by atoms with Crippen LogP contribution in [0.25, 0.3) is 0 Å². The normalized spacial score (nSPS) is 29.2. The van der Waals surface area contributed by atoms with Crippen LogP contribution in [0.4, 0.5) is 0 Å². The van der Waals surface area contributed by atoms with Crippen LogP contribution in [0.1, 0.15) is 58.3 Å². The summed E-state index contributed by atoms with van der Waals surface area (Å²) >= 11 is 0. The maximum Gasteiger partial charge on any atom is 0.00926 e. The lowest BCUT2D eigenvalue weighted by atomic mass is 9.97. The average molecular weight is 297 g/mol. The Labute approximate surface area is 125 Å². The molecule has 0 saturated carbocycles. The summed E-state index contributed by atoms with van der Waals surface area (Å²) in [5, 5.41) is 3.66. The van der Waals surface area contributed by atoms with Gasteiger partial charge in [-0.2, -0.15) is 0 Å². The summed E-state index contributed by atoms with van der Waals surface area (Å²) in [4.78, 5) is 2.75. The summed E-state index contributed by atoms with van der Waals surface area (Å²) in [5.41, 5.74) is 0. The van der Waals surface area contributed by atoms with Crippen LogP contribution in [0.2, 0.25) is 0 Å². The van der Waals surface area contributed by atoms with Crippen molar-refractivity contribution in [3.05, 3.63) is 0 Å². The molecule has 0 spiro atoms. The van der Waals surface area contributed by atoms with Crippen molar-refractivity contribution in [3.8, 4) is 0 Å². The van der Waals surface area contributed by atoms with Crippen LogP contribution in [0.5, 0.6) is 0 Å². The second kappa shape index (κ2) is 10.3. The fourth-order valence-corrected chi connectivity index (χ4v) is 3.31. The molecule has 4 heteroatoms. The SMILES string of the molecule is CCC1CCCCN1CCC1CCCCN1.Cl.Cl. The van der Waals surface area contributed by atoms with Gasteiger partial charge in [0.05, 0.1) is 0 Å². The van der Waals surface area contributed by atoms with Crippen molar-refractivity contribution in [1.29, 1.82) is 0 Å². The third-order valence-corrected chi connectivity index (χ3v) is 4.40. The lowest BCUT2D eigenvalue weighted by Crippen LogP contribution is -2.43. The minimum absolute atomic E-state index is 0. The van der Waals surface area contributed by atoms with Gasteiger partial charge >= 0.3 is 0 Å². The van der Waals surface area contributed by atoms with E-state index in [1.807, 2.05) is 0 Å². The maximum atomic E-state index is 3.66. The molecule has 0 amide bonds. The molecule has 0 aromatic heterocycles. The number of piperidine rings is 2. The monoisotopic (exact) mass is 296 g/mol. The number of nitrogens with one attached hydrogen (secondary N) is 1. The van der Waals surface area contributed by atoms with E-state index in [1.54, 1.807) is 0 Å². The molecule has 0 radical (unpaired) electrons. The first kappa shape index (κ1) is 18.5. The Morgan fingerprint density at radius 3 is 2.50 bits per heavy atom. The Kier molecular flexibility index (Phi) is 10.6. The van der Waals surface area contributed by atoms with Crippen molar-refractivity contribution in [1.82, 2.24) is 10.2 Å². The van der Waals surface area contributed by atoms with Crippen molar-refractivity contribution < 1.29 is 0 Å². The first-order valence-electron chi connectivity index (χ1n) is 7.37. The highest BCUT2D eigenvalue weighted by Gasteiger charge is 2.21. The molecule has 0 aromatic rings. The van der Waals surface area contributed by atoms with Gasteiger partial charge in [-0.05, 0) is 58.2 Å². The van der Waals surface area contributed by atoms with Gasteiger partial charge in [0.2, 0.25) is 0 Å². The van der Waals surface area contributed by atoms with Gasteiger partial charge in [-0.25, -0.2) is 0 Å². The molecule has 2 fully saturated rings. The van der Waals surface area contributed by atoms with Crippen LogP contribution in [-0.4, -0.2) is 36.6 Å². The first-order chi connectivity index (χ1) is 7.90. The van der Waals surface area contributed by atoms with Crippen LogP contribution in [0.15, 0.2) is 0 Å². The van der Waals surface area contributed by atoms with Crippen LogP contribution in [0, 0.1) is 0 Å². The van der Waals surface area contributed by atoms with E-state index >= 15 is 0 Å².